The summed E-state index contributed by atoms with van der Waals surface area (Å²) in [5.74, 6) is -0.161. The molecule has 4 nitrogen and oxygen atoms in total. The largest absolute Gasteiger partial charge is 0.419 e. The molecule has 0 unspecified atom stereocenters. The van der Waals surface area contributed by atoms with Crippen LogP contribution in [-0.4, -0.2) is 14.8 Å². The van der Waals surface area contributed by atoms with Crippen LogP contribution in [0.1, 0.15) is 23.7 Å². The molecule has 0 amide bonds. The molecule has 0 spiro atoms. The van der Waals surface area contributed by atoms with Gasteiger partial charge in [-0.05, 0) is 18.6 Å². The smallest absolute Gasteiger partial charge is 0.365 e. The summed E-state index contributed by atoms with van der Waals surface area (Å²) in [6, 6.07) is 2.29. The molecule has 0 saturated carbocycles. The van der Waals surface area contributed by atoms with Gasteiger partial charge >= 0.3 is 6.18 Å². The van der Waals surface area contributed by atoms with E-state index in [1.165, 1.54) is 12.3 Å². The lowest BCUT2D eigenvalue weighted by Crippen LogP contribution is -2.12. The Kier molecular flexibility index (Phi) is 3.96. The normalized spacial score (nSPS) is 11.7. The molecule has 0 saturated heterocycles. The van der Waals surface area contributed by atoms with Crippen LogP contribution >= 0.6 is 0 Å². The lowest BCUT2D eigenvalue weighted by molar-refractivity contribution is -0.137. The molecule has 0 aromatic carbocycles. The van der Waals surface area contributed by atoms with E-state index in [1.54, 1.807) is 17.9 Å². The van der Waals surface area contributed by atoms with Crippen molar-refractivity contribution >= 4 is 5.82 Å². The highest BCUT2D eigenvalue weighted by Gasteiger charge is 2.34. The molecule has 2 aromatic heterocycles. The zero-order chi connectivity index (χ0) is 14.8. The number of hydrogen-bond donors (Lipinski definition) is 1. The van der Waals surface area contributed by atoms with Gasteiger partial charge in [-0.2, -0.15) is 18.3 Å². The van der Waals surface area contributed by atoms with Gasteiger partial charge in [-0.25, -0.2) is 4.98 Å². The van der Waals surface area contributed by atoms with E-state index in [0.29, 0.717) is 0 Å². The number of anilines is 1. The number of aryl methyl sites for hydroxylation is 2. The second-order valence-corrected chi connectivity index (χ2v) is 4.38. The number of nitrogens with zero attached hydrogens (tertiary/aromatic N) is 3. The van der Waals surface area contributed by atoms with Crippen LogP contribution in [0.15, 0.2) is 24.5 Å². The van der Waals surface area contributed by atoms with Gasteiger partial charge in [0.2, 0.25) is 0 Å². The van der Waals surface area contributed by atoms with Gasteiger partial charge in [-0.15, -0.1) is 0 Å². The molecule has 20 heavy (non-hydrogen) atoms. The lowest BCUT2D eigenvalue weighted by atomic mass is 10.2. The average Bonchev–Trinajstić information content (AvgIpc) is 2.76. The van der Waals surface area contributed by atoms with Crippen LogP contribution in [0.25, 0.3) is 0 Å². The van der Waals surface area contributed by atoms with E-state index in [9.17, 15) is 13.2 Å². The Morgan fingerprint density at radius 3 is 2.75 bits per heavy atom. The molecule has 0 aliphatic carbocycles. The van der Waals surface area contributed by atoms with Crippen molar-refractivity contribution in [1.29, 1.82) is 0 Å². The van der Waals surface area contributed by atoms with Crippen molar-refractivity contribution < 1.29 is 13.2 Å². The third kappa shape index (κ3) is 3.09. The van der Waals surface area contributed by atoms with E-state index in [4.69, 9.17) is 0 Å². The summed E-state index contributed by atoms with van der Waals surface area (Å²) in [5.41, 5.74) is 0.972. The van der Waals surface area contributed by atoms with Gasteiger partial charge < -0.3 is 5.32 Å². The summed E-state index contributed by atoms with van der Waals surface area (Å²) in [6.07, 6.45) is -0.561. The molecular weight excluding hydrogens is 269 g/mol. The van der Waals surface area contributed by atoms with Crippen molar-refractivity contribution in [2.24, 2.45) is 7.05 Å². The van der Waals surface area contributed by atoms with E-state index in [-0.39, 0.29) is 12.4 Å². The highest BCUT2D eigenvalue weighted by atomic mass is 19.4. The van der Waals surface area contributed by atoms with Gasteiger partial charge in [0.1, 0.15) is 5.82 Å². The zero-order valence-electron chi connectivity index (χ0n) is 11.2. The molecule has 0 atom stereocenters. The zero-order valence-corrected chi connectivity index (χ0v) is 11.2. The molecule has 2 heterocycles. The van der Waals surface area contributed by atoms with Crippen LogP contribution < -0.4 is 5.32 Å². The standard InChI is InChI=1S/C13H15F3N4/c1-3-11-9(8-20(2)19-11)7-18-12-10(13(14,15)16)5-4-6-17-12/h4-6,8H,3,7H2,1-2H3,(H,17,18). The first-order valence-electron chi connectivity index (χ1n) is 6.19. The minimum atomic E-state index is -4.42. The van der Waals surface area contributed by atoms with Crippen molar-refractivity contribution in [1.82, 2.24) is 14.8 Å². The number of nitrogens with one attached hydrogen (secondary N) is 1. The van der Waals surface area contributed by atoms with Crippen LogP contribution in [0.4, 0.5) is 19.0 Å². The number of pyridine rings is 1. The number of aromatic nitrogens is 3. The average molecular weight is 284 g/mol. The van der Waals surface area contributed by atoms with Gasteiger partial charge in [-0.1, -0.05) is 6.92 Å². The Morgan fingerprint density at radius 2 is 2.10 bits per heavy atom. The fourth-order valence-corrected chi connectivity index (χ4v) is 1.98. The fraction of sp³-hybridized carbons (Fsp3) is 0.385. The number of rotatable bonds is 4. The van der Waals surface area contributed by atoms with Crippen molar-refractivity contribution in [2.45, 2.75) is 26.1 Å². The maximum atomic E-state index is 12.8. The highest BCUT2D eigenvalue weighted by Crippen LogP contribution is 2.33. The van der Waals surface area contributed by atoms with Crippen molar-refractivity contribution in [3.63, 3.8) is 0 Å². The van der Waals surface area contributed by atoms with Gasteiger partial charge in [0, 0.05) is 31.5 Å². The van der Waals surface area contributed by atoms with E-state index < -0.39 is 11.7 Å². The van der Waals surface area contributed by atoms with Gasteiger partial charge in [0.25, 0.3) is 0 Å². The molecule has 0 aliphatic rings. The Balaban J connectivity index is 2.19. The maximum Gasteiger partial charge on any atom is 0.419 e. The predicted octanol–water partition coefficient (Wildman–Crippen LogP) is 3.01. The van der Waals surface area contributed by atoms with E-state index >= 15 is 0 Å². The fourth-order valence-electron chi connectivity index (χ4n) is 1.98. The summed E-state index contributed by atoms with van der Waals surface area (Å²) in [7, 11) is 1.78. The summed E-state index contributed by atoms with van der Waals surface area (Å²) < 4.78 is 40.1. The van der Waals surface area contributed by atoms with Gasteiger partial charge in [0.15, 0.2) is 0 Å². The first-order chi connectivity index (χ1) is 9.41. The molecule has 1 N–H and O–H groups in total. The van der Waals surface area contributed by atoms with Gasteiger partial charge in [0.05, 0.1) is 11.3 Å². The van der Waals surface area contributed by atoms with Crippen molar-refractivity contribution in [2.75, 3.05) is 5.32 Å². The quantitative estimate of drug-likeness (QED) is 0.938. The number of hydrogen-bond acceptors (Lipinski definition) is 3. The monoisotopic (exact) mass is 284 g/mol. The summed E-state index contributed by atoms with van der Waals surface area (Å²) in [5, 5.41) is 6.99. The molecule has 0 radical (unpaired) electrons. The summed E-state index contributed by atoms with van der Waals surface area (Å²) in [4.78, 5) is 3.76. The highest BCUT2D eigenvalue weighted by molar-refractivity contribution is 5.46. The molecule has 0 bridgehead atoms. The van der Waals surface area contributed by atoms with Crippen molar-refractivity contribution in [3.05, 3.63) is 41.3 Å². The number of alkyl halides is 3. The first kappa shape index (κ1) is 14.4. The van der Waals surface area contributed by atoms with Crippen LogP contribution in [0.3, 0.4) is 0 Å². The van der Waals surface area contributed by atoms with Gasteiger partial charge in [-0.3, -0.25) is 4.68 Å². The molecule has 7 heteroatoms. The first-order valence-corrected chi connectivity index (χ1v) is 6.19. The second-order valence-electron chi connectivity index (χ2n) is 4.38. The van der Waals surface area contributed by atoms with E-state index in [1.807, 2.05) is 6.92 Å². The third-order valence-corrected chi connectivity index (χ3v) is 2.89. The lowest BCUT2D eigenvalue weighted by Gasteiger charge is -2.12. The van der Waals surface area contributed by atoms with Crippen molar-refractivity contribution in [3.8, 4) is 0 Å². The molecule has 0 aliphatic heterocycles. The van der Waals surface area contributed by atoms with Crippen LogP contribution in [0, 0.1) is 0 Å². The molecule has 2 aromatic rings. The molecule has 0 fully saturated rings. The Hall–Kier alpha value is -2.05. The van der Waals surface area contributed by atoms with Crippen LogP contribution in [0.5, 0.6) is 0 Å². The summed E-state index contributed by atoms with van der Waals surface area (Å²) in [6.45, 7) is 2.21. The molecule has 2 rings (SSSR count). The minimum Gasteiger partial charge on any atom is -0.365 e. The van der Waals surface area contributed by atoms with E-state index in [2.05, 4.69) is 15.4 Å². The Morgan fingerprint density at radius 1 is 1.35 bits per heavy atom. The molecular formula is C13H15F3N4. The Labute approximate surface area is 114 Å². The topological polar surface area (TPSA) is 42.7 Å². The predicted molar refractivity (Wildman–Crippen MR) is 69.2 cm³/mol. The molecule has 108 valence electrons. The second kappa shape index (κ2) is 5.52. The Bertz CT molecular complexity index is 590. The van der Waals surface area contributed by atoms with Crippen LogP contribution in [0.2, 0.25) is 0 Å². The third-order valence-electron chi connectivity index (χ3n) is 2.89. The number of halogens is 3. The minimum absolute atomic E-state index is 0.161. The van der Waals surface area contributed by atoms with E-state index in [0.717, 1.165) is 23.7 Å². The van der Waals surface area contributed by atoms with Crippen LogP contribution in [-0.2, 0) is 26.2 Å². The summed E-state index contributed by atoms with van der Waals surface area (Å²) >= 11 is 0. The SMILES string of the molecule is CCc1nn(C)cc1CNc1ncccc1C(F)(F)F. The maximum absolute atomic E-state index is 12.8.